The number of nitrogens with one attached hydrogen (secondary N) is 1. The first kappa shape index (κ1) is 8.71. The summed E-state index contributed by atoms with van der Waals surface area (Å²) in [4.78, 5) is 0. The van der Waals surface area contributed by atoms with E-state index in [9.17, 15) is 0 Å². The second-order valence-electron chi connectivity index (χ2n) is 2.52. The molecule has 0 bridgehead atoms. The smallest absolute Gasteiger partial charge is 0.0300 e. The van der Waals surface area contributed by atoms with Crippen LogP contribution in [0.4, 0.5) is 0 Å². The number of hydrogen-bond acceptors (Lipinski definition) is 3. The second kappa shape index (κ2) is 4.49. The summed E-state index contributed by atoms with van der Waals surface area (Å²) in [6, 6.07) is 2.57. The topological polar surface area (TPSA) is 38.0 Å². The highest BCUT2D eigenvalue weighted by Gasteiger charge is 2.02. The molecule has 0 aliphatic carbocycles. The van der Waals surface area contributed by atoms with E-state index in [0.29, 0.717) is 12.6 Å². The van der Waals surface area contributed by atoms with Crippen molar-refractivity contribution in [2.45, 2.75) is 13.0 Å². The Kier molecular flexibility index (Phi) is 3.56. The predicted octanol–water partition coefficient (Wildman–Crippen LogP) is 1.36. The van der Waals surface area contributed by atoms with Crippen LogP contribution in [0.25, 0.3) is 0 Å². The lowest BCUT2D eigenvalue weighted by atomic mass is 10.2. The molecule has 0 saturated heterocycles. The van der Waals surface area contributed by atoms with Gasteiger partial charge in [0.25, 0.3) is 0 Å². The molecule has 0 aliphatic heterocycles. The van der Waals surface area contributed by atoms with Crippen LogP contribution in [0.3, 0.4) is 0 Å². The Morgan fingerprint density at radius 1 is 1.73 bits per heavy atom. The minimum absolute atomic E-state index is 0.435. The third-order valence-corrected chi connectivity index (χ3v) is 2.34. The van der Waals surface area contributed by atoms with Crippen molar-refractivity contribution in [3.05, 3.63) is 22.4 Å². The Bertz CT molecular complexity index is 184. The van der Waals surface area contributed by atoms with E-state index in [-0.39, 0.29) is 0 Å². The summed E-state index contributed by atoms with van der Waals surface area (Å²) in [5, 5.41) is 7.57. The third kappa shape index (κ3) is 2.61. The van der Waals surface area contributed by atoms with Crippen molar-refractivity contribution in [3.63, 3.8) is 0 Å². The van der Waals surface area contributed by atoms with Gasteiger partial charge in [0.2, 0.25) is 0 Å². The molecule has 0 aromatic carbocycles. The molecular formula is C8H14N2S. The lowest BCUT2D eigenvalue weighted by molar-refractivity contribution is 0.584. The zero-order valence-electron chi connectivity index (χ0n) is 6.71. The first-order valence-corrected chi connectivity index (χ1v) is 4.74. The van der Waals surface area contributed by atoms with Gasteiger partial charge in [-0.3, -0.25) is 0 Å². The van der Waals surface area contributed by atoms with Gasteiger partial charge in [-0.1, -0.05) is 0 Å². The van der Waals surface area contributed by atoms with Crippen molar-refractivity contribution < 1.29 is 0 Å². The maximum absolute atomic E-state index is 5.37. The van der Waals surface area contributed by atoms with E-state index >= 15 is 0 Å². The molecule has 0 fully saturated rings. The van der Waals surface area contributed by atoms with Crippen LogP contribution in [0.1, 0.15) is 18.5 Å². The van der Waals surface area contributed by atoms with Gasteiger partial charge in [-0.2, -0.15) is 11.3 Å². The van der Waals surface area contributed by atoms with E-state index in [1.807, 2.05) is 0 Å². The Labute approximate surface area is 71.4 Å². The predicted molar refractivity (Wildman–Crippen MR) is 49.8 cm³/mol. The molecule has 1 rings (SSSR count). The van der Waals surface area contributed by atoms with Crippen LogP contribution in [-0.4, -0.2) is 13.1 Å². The molecule has 0 saturated carbocycles. The summed E-state index contributed by atoms with van der Waals surface area (Å²) in [7, 11) is 0. The lowest BCUT2D eigenvalue weighted by Crippen LogP contribution is -2.25. The Balaban J connectivity index is 2.36. The Morgan fingerprint density at radius 3 is 3.09 bits per heavy atom. The van der Waals surface area contributed by atoms with Gasteiger partial charge in [0.05, 0.1) is 0 Å². The fourth-order valence-corrected chi connectivity index (χ4v) is 1.69. The quantitative estimate of drug-likeness (QED) is 0.716. The Hall–Kier alpha value is -0.380. The molecule has 1 atom stereocenters. The number of rotatable bonds is 4. The summed E-state index contributed by atoms with van der Waals surface area (Å²) in [5.41, 5.74) is 6.72. The molecule has 0 spiro atoms. The monoisotopic (exact) mass is 170 g/mol. The van der Waals surface area contributed by atoms with Crippen LogP contribution in [0.15, 0.2) is 16.8 Å². The highest BCUT2D eigenvalue weighted by molar-refractivity contribution is 7.07. The van der Waals surface area contributed by atoms with Crippen molar-refractivity contribution in [3.8, 4) is 0 Å². The summed E-state index contributed by atoms with van der Waals surface area (Å²) in [6.07, 6.45) is 0. The van der Waals surface area contributed by atoms with Gasteiger partial charge in [0.1, 0.15) is 0 Å². The summed E-state index contributed by atoms with van der Waals surface area (Å²) in [5.74, 6) is 0. The van der Waals surface area contributed by atoms with Crippen molar-refractivity contribution in [2.24, 2.45) is 5.73 Å². The largest absolute Gasteiger partial charge is 0.329 e. The van der Waals surface area contributed by atoms with E-state index in [0.717, 1.165) is 6.54 Å². The highest BCUT2D eigenvalue weighted by atomic mass is 32.1. The van der Waals surface area contributed by atoms with Gasteiger partial charge in [0, 0.05) is 19.1 Å². The molecular weight excluding hydrogens is 156 g/mol. The SMILES string of the molecule is CC(NCCN)c1ccsc1. The standard InChI is InChI=1S/C8H14N2S/c1-7(10-4-3-9)8-2-5-11-6-8/h2,5-7,10H,3-4,9H2,1H3. The minimum atomic E-state index is 0.435. The van der Waals surface area contributed by atoms with E-state index in [4.69, 9.17) is 5.73 Å². The van der Waals surface area contributed by atoms with Crippen LogP contribution >= 0.6 is 11.3 Å². The fraction of sp³-hybridized carbons (Fsp3) is 0.500. The first-order valence-electron chi connectivity index (χ1n) is 3.80. The second-order valence-corrected chi connectivity index (χ2v) is 3.30. The van der Waals surface area contributed by atoms with Gasteiger partial charge in [-0.15, -0.1) is 0 Å². The normalized spacial score (nSPS) is 13.3. The van der Waals surface area contributed by atoms with Crippen molar-refractivity contribution in [1.82, 2.24) is 5.32 Å². The van der Waals surface area contributed by atoms with Crippen molar-refractivity contribution >= 4 is 11.3 Å². The van der Waals surface area contributed by atoms with Crippen LogP contribution in [0.5, 0.6) is 0 Å². The zero-order chi connectivity index (χ0) is 8.10. The third-order valence-electron chi connectivity index (χ3n) is 1.64. The van der Waals surface area contributed by atoms with Gasteiger partial charge < -0.3 is 11.1 Å². The van der Waals surface area contributed by atoms with Crippen LogP contribution < -0.4 is 11.1 Å². The molecule has 1 aromatic heterocycles. The number of hydrogen-bond donors (Lipinski definition) is 2. The summed E-state index contributed by atoms with van der Waals surface area (Å²) >= 11 is 1.73. The van der Waals surface area contributed by atoms with Crippen LogP contribution in [0.2, 0.25) is 0 Å². The molecule has 0 aliphatic rings. The molecule has 2 nitrogen and oxygen atoms in total. The summed E-state index contributed by atoms with van der Waals surface area (Å²) in [6.45, 7) is 3.74. The van der Waals surface area contributed by atoms with E-state index in [1.165, 1.54) is 5.56 Å². The molecule has 62 valence electrons. The highest BCUT2D eigenvalue weighted by Crippen LogP contribution is 2.14. The fourth-order valence-electron chi connectivity index (χ4n) is 0.939. The van der Waals surface area contributed by atoms with Gasteiger partial charge in [0.15, 0.2) is 0 Å². The molecule has 0 amide bonds. The zero-order valence-corrected chi connectivity index (χ0v) is 7.53. The summed E-state index contributed by atoms with van der Waals surface area (Å²) < 4.78 is 0. The number of nitrogens with two attached hydrogens (primary N) is 1. The van der Waals surface area contributed by atoms with Crippen molar-refractivity contribution in [2.75, 3.05) is 13.1 Å². The van der Waals surface area contributed by atoms with Crippen molar-refractivity contribution in [1.29, 1.82) is 0 Å². The van der Waals surface area contributed by atoms with Gasteiger partial charge in [-0.05, 0) is 29.3 Å². The molecule has 3 N–H and O–H groups in total. The van der Waals surface area contributed by atoms with E-state index in [1.54, 1.807) is 11.3 Å². The van der Waals surface area contributed by atoms with Crippen LogP contribution in [0, 0.1) is 0 Å². The van der Waals surface area contributed by atoms with E-state index < -0.39 is 0 Å². The molecule has 3 heteroatoms. The molecule has 1 aromatic rings. The first-order chi connectivity index (χ1) is 5.34. The molecule has 1 heterocycles. The molecule has 0 radical (unpaired) electrons. The maximum atomic E-state index is 5.37. The average Bonchev–Trinajstić information content (AvgIpc) is 2.52. The maximum Gasteiger partial charge on any atom is 0.0300 e. The Morgan fingerprint density at radius 2 is 2.55 bits per heavy atom. The molecule has 1 unspecified atom stereocenters. The van der Waals surface area contributed by atoms with Gasteiger partial charge in [-0.25, -0.2) is 0 Å². The minimum Gasteiger partial charge on any atom is -0.329 e. The molecule has 11 heavy (non-hydrogen) atoms. The average molecular weight is 170 g/mol. The number of thiophene rings is 1. The van der Waals surface area contributed by atoms with Crippen LogP contribution in [-0.2, 0) is 0 Å². The lowest BCUT2D eigenvalue weighted by Gasteiger charge is -2.10. The van der Waals surface area contributed by atoms with Gasteiger partial charge >= 0.3 is 0 Å². The van der Waals surface area contributed by atoms with E-state index in [2.05, 4.69) is 29.1 Å².